The molecule has 0 aliphatic rings. The van der Waals surface area contributed by atoms with Crippen LogP contribution in [0.4, 0.5) is 0 Å². The monoisotopic (exact) mass is 272 g/mol. The number of carboxylic acid groups (broad SMARTS) is 1. The standard InChI is InChI=1S/C16H16O4/c1-2-13(10-4-3-5-12(17)8-10)11-6-7-15(18)14(9-11)16(19)20/h3-9,13,17-18H,2H2,1H3,(H,19,20). The molecule has 20 heavy (non-hydrogen) atoms. The molecule has 4 nitrogen and oxygen atoms in total. The van der Waals surface area contributed by atoms with Gasteiger partial charge in [-0.05, 0) is 41.8 Å². The van der Waals surface area contributed by atoms with Gasteiger partial charge in [0, 0.05) is 5.92 Å². The maximum atomic E-state index is 11.1. The number of rotatable bonds is 4. The van der Waals surface area contributed by atoms with E-state index in [1.807, 2.05) is 13.0 Å². The van der Waals surface area contributed by atoms with Crippen LogP contribution in [-0.2, 0) is 0 Å². The Morgan fingerprint density at radius 3 is 2.40 bits per heavy atom. The largest absolute Gasteiger partial charge is 0.508 e. The van der Waals surface area contributed by atoms with Crippen LogP contribution >= 0.6 is 0 Å². The summed E-state index contributed by atoms with van der Waals surface area (Å²) in [5.41, 5.74) is 1.60. The smallest absolute Gasteiger partial charge is 0.339 e. The number of carboxylic acids is 1. The van der Waals surface area contributed by atoms with Crippen molar-refractivity contribution in [3.8, 4) is 11.5 Å². The van der Waals surface area contributed by atoms with Crippen LogP contribution in [0.25, 0.3) is 0 Å². The average Bonchev–Trinajstić information content (AvgIpc) is 2.41. The first-order chi connectivity index (χ1) is 9.52. The molecule has 2 aromatic carbocycles. The van der Waals surface area contributed by atoms with Crippen LogP contribution in [0.3, 0.4) is 0 Å². The fourth-order valence-electron chi connectivity index (χ4n) is 2.35. The number of aromatic hydroxyl groups is 2. The Labute approximate surface area is 116 Å². The number of carbonyl (C=O) groups is 1. The summed E-state index contributed by atoms with van der Waals surface area (Å²) in [6.45, 7) is 1.99. The van der Waals surface area contributed by atoms with E-state index in [0.29, 0.717) is 0 Å². The van der Waals surface area contributed by atoms with Crippen molar-refractivity contribution in [2.24, 2.45) is 0 Å². The van der Waals surface area contributed by atoms with E-state index in [9.17, 15) is 15.0 Å². The van der Waals surface area contributed by atoms with E-state index in [2.05, 4.69) is 0 Å². The van der Waals surface area contributed by atoms with Gasteiger partial charge in [0.25, 0.3) is 0 Å². The first kappa shape index (κ1) is 13.9. The van der Waals surface area contributed by atoms with E-state index in [1.165, 1.54) is 12.1 Å². The molecule has 0 saturated heterocycles. The van der Waals surface area contributed by atoms with Gasteiger partial charge in [-0.3, -0.25) is 0 Å². The summed E-state index contributed by atoms with van der Waals surface area (Å²) in [7, 11) is 0. The molecule has 104 valence electrons. The van der Waals surface area contributed by atoms with Crippen LogP contribution in [0.2, 0.25) is 0 Å². The average molecular weight is 272 g/mol. The van der Waals surface area contributed by atoms with Crippen molar-refractivity contribution in [2.75, 3.05) is 0 Å². The van der Waals surface area contributed by atoms with Crippen LogP contribution in [0.5, 0.6) is 11.5 Å². The zero-order chi connectivity index (χ0) is 14.7. The summed E-state index contributed by atoms with van der Waals surface area (Å²) >= 11 is 0. The van der Waals surface area contributed by atoms with E-state index >= 15 is 0 Å². The summed E-state index contributed by atoms with van der Waals surface area (Å²) < 4.78 is 0. The van der Waals surface area contributed by atoms with Crippen molar-refractivity contribution in [3.63, 3.8) is 0 Å². The van der Waals surface area contributed by atoms with Gasteiger partial charge >= 0.3 is 5.97 Å². The molecule has 2 aromatic rings. The molecule has 0 bridgehead atoms. The molecule has 0 amide bonds. The van der Waals surface area contributed by atoms with Gasteiger partial charge in [0.15, 0.2) is 0 Å². The summed E-state index contributed by atoms with van der Waals surface area (Å²) in [6, 6.07) is 11.5. The predicted molar refractivity (Wildman–Crippen MR) is 75.3 cm³/mol. The number of hydrogen-bond donors (Lipinski definition) is 3. The maximum Gasteiger partial charge on any atom is 0.339 e. The van der Waals surface area contributed by atoms with Crippen molar-refractivity contribution >= 4 is 5.97 Å². The van der Waals surface area contributed by atoms with Gasteiger partial charge in [0.05, 0.1) is 0 Å². The molecule has 0 aliphatic carbocycles. The van der Waals surface area contributed by atoms with Crippen LogP contribution in [-0.4, -0.2) is 21.3 Å². The van der Waals surface area contributed by atoms with Crippen LogP contribution in [0.1, 0.15) is 40.7 Å². The van der Waals surface area contributed by atoms with Crippen LogP contribution < -0.4 is 0 Å². The lowest BCUT2D eigenvalue weighted by Crippen LogP contribution is -2.03. The third-order valence-corrected chi connectivity index (χ3v) is 3.33. The highest BCUT2D eigenvalue weighted by Gasteiger charge is 2.17. The molecular weight excluding hydrogens is 256 g/mol. The first-order valence-electron chi connectivity index (χ1n) is 6.38. The van der Waals surface area contributed by atoms with Gasteiger partial charge in [0.1, 0.15) is 17.1 Å². The summed E-state index contributed by atoms with van der Waals surface area (Å²) in [6.07, 6.45) is 0.757. The minimum atomic E-state index is -1.16. The second kappa shape index (κ2) is 5.65. The maximum absolute atomic E-state index is 11.1. The van der Waals surface area contributed by atoms with E-state index < -0.39 is 5.97 Å². The fraction of sp³-hybridized carbons (Fsp3) is 0.188. The van der Waals surface area contributed by atoms with Gasteiger partial charge in [-0.25, -0.2) is 4.79 Å². The number of hydrogen-bond acceptors (Lipinski definition) is 3. The van der Waals surface area contributed by atoms with Crippen LogP contribution in [0, 0.1) is 0 Å². The molecule has 2 rings (SSSR count). The Bertz CT molecular complexity index is 634. The Balaban J connectivity index is 2.47. The summed E-state index contributed by atoms with van der Waals surface area (Å²) in [4.78, 5) is 11.1. The van der Waals surface area contributed by atoms with Crippen molar-refractivity contribution in [1.82, 2.24) is 0 Å². The molecule has 0 saturated carbocycles. The molecule has 0 fully saturated rings. The summed E-state index contributed by atoms with van der Waals surface area (Å²) in [5, 5.41) is 28.2. The molecule has 0 aromatic heterocycles. The summed E-state index contributed by atoms with van der Waals surface area (Å²) in [5.74, 6) is -1.25. The molecule has 0 radical (unpaired) electrons. The molecule has 3 N–H and O–H groups in total. The predicted octanol–water partition coefficient (Wildman–Crippen LogP) is 3.34. The van der Waals surface area contributed by atoms with Crippen molar-refractivity contribution in [3.05, 3.63) is 59.2 Å². The molecule has 4 heteroatoms. The third-order valence-electron chi connectivity index (χ3n) is 3.33. The van der Waals surface area contributed by atoms with Crippen molar-refractivity contribution in [2.45, 2.75) is 19.3 Å². The van der Waals surface area contributed by atoms with Gasteiger partial charge < -0.3 is 15.3 Å². The number of phenols is 2. The quantitative estimate of drug-likeness (QED) is 0.797. The van der Waals surface area contributed by atoms with Crippen LogP contribution in [0.15, 0.2) is 42.5 Å². The lowest BCUT2D eigenvalue weighted by Gasteiger charge is -2.17. The SMILES string of the molecule is CCC(c1cccc(O)c1)c1ccc(O)c(C(=O)O)c1. The molecule has 0 aliphatic heterocycles. The third kappa shape index (κ3) is 2.74. The number of aromatic carboxylic acids is 1. The minimum Gasteiger partial charge on any atom is -0.508 e. The Hall–Kier alpha value is -2.49. The van der Waals surface area contributed by atoms with Gasteiger partial charge in [-0.15, -0.1) is 0 Å². The zero-order valence-corrected chi connectivity index (χ0v) is 11.1. The molecular formula is C16H16O4. The number of benzene rings is 2. The Morgan fingerprint density at radius 1 is 1.10 bits per heavy atom. The Morgan fingerprint density at radius 2 is 1.80 bits per heavy atom. The molecule has 1 atom stereocenters. The topological polar surface area (TPSA) is 77.8 Å². The second-order valence-electron chi connectivity index (χ2n) is 4.64. The van der Waals surface area contributed by atoms with Gasteiger partial charge in [-0.1, -0.05) is 25.1 Å². The van der Waals surface area contributed by atoms with Crippen molar-refractivity contribution in [1.29, 1.82) is 0 Å². The molecule has 0 spiro atoms. The highest BCUT2D eigenvalue weighted by molar-refractivity contribution is 5.91. The lowest BCUT2D eigenvalue weighted by molar-refractivity contribution is 0.0693. The highest BCUT2D eigenvalue weighted by Crippen LogP contribution is 2.32. The molecule has 0 heterocycles. The second-order valence-corrected chi connectivity index (χ2v) is 4.64. The lowest BCUT2D eigenvalue weighted by atomic mass is 9.88. The molecule has 1 unspecified atom stereocenters. The van der Waals surface area contributed by atoms with E-state index in [4.69, 9.17) is 5.11 Å². The van der Waals surface area contributed by atoms with E-state index in [0.717, 1.165) is 17.5 Å². The Kier molecular flexibility index (Phi) is 3.94. The fourth-order valence-corrected chi connectivity index (χ4v) is 2.35. The van der Waals surface area contributed by atoms with Gasteiger partial charge in [0.2, 0.25) is 0 Å². The minimum absolute atomic E-state index is 0.0270. The first-order valence-corrected chi connectivity index (χ1v) is 6.38. The highest BCUT2D eigenvalue weighted by atomic mass is 16.4. The zero-order valence-electron chi connectivity index (χ0n) is 11.1. The normalized spacial score (nSPS) is 12.1. The van der Waals surface area contributed by atoms with Crippen molar-refractivity contribution < 1.29 is 20.1 Å². The van der Waals surface area contributed by atoms with E-state index in [-0.39, 0.29) is 23.0 Å². The van der Waals surface area contributed by atoms with E-state index in [1.54, 1.807) is 24.3 Å². The number of phenolic OH excluding ortho intramolecular Hbond substituents is 1. The van der Waals surface area contributed by atoms with Gasteiger partial charge in [-0.2, -0.15) is 0 Å².